The average molecular weight is 384 g/mol. The monoisotopic (exact) mass is 382 g/mol. The summed E-state index contributed by atoms with van der Waals surface area (Å²) in [6.45, 7) is 1.77. The molecule has 4 nitrogen and oxygen atoms in total. The molecule has 1 aromatic rings. The molecule has 8 heteroatoms. The van der Waals surface area contributed by atoms with Gasteiger partial charge in [-0.3, -0.25) is 0 Å². The van der Waals surface area contributed by atoms with E-state index in [2.05, 4.69) is 26.6 Å². The van der Waals surface area contributed by atoms with Crippen molar-refractivity contribution in [1.29, 1.82) is 0 Å². The molecular formula is C12H13BrClFN2O2S. The van der Waals surface area contributed by atoms with Crippen LogP contribution < -0.4 is 10.5 Å². The van der Waals surface area contributed by atoms with E-state index in [1.54, 1.807) is 6.92 Å². The van der Waals surface area contributed by atoms with Crippen LogP contribution in [0.4, 0.5) is 10.1 Å². The standard InChI is InChI=1S/C12H13BrClFN2O2S/c1-3-5-7(4-2)17-20(18,19)9-6-8(14)10(13)12(16)11(9)15/h1,6-7,17H,4-5,16H2,2H3. The first-order chi connectivity index (χ1) is 9.24. The third-order valence-electron chi connectivity index (χ3n) is 2.63. The molecule has 20 heavy (non-hydrogen) atoms. The molecule has 0 saturated carbocycles. The van der Waals surface area contributed by atoms with Gasteiger partial charge < -0.3 is 5.73 Å². The Hall–Kier alpha value is -0.810. The molecule has 1 aromatic carbocycles. The van der Waals surface area contributed by atoms with Crippen molar-refractivity contribution in [2.24, 2.45) is 0 Å². The van der Waals surface area contributed by atoms with Gasteiger partial charge in [0.2, 0.25) is 10.0 Å². The highest BCUT2D eigenvalue weighted by atomic mass is 79.9. The van der Waals surface area contributed by atoms with Gasteiger partial charge in [-0.2, -0.15) is 0 Å². The molecule has 0 aliphatic heterocycles. The number of halogens is 3. The molecule has 110 valence electrons. The Labute approximate surface area is 131 Å². The Balaban J connectivity index is 3.27. The van der Waals surface area contributed by atoms with Crippen molar-refractivity contribution in [3.05, 3.63) is 21.4 Å². The molecule has 0 aliphatic carbocycles. The van der Waals surface area contributed by atoms with Crippen LogP contribution in [0.5, 0.6) is 0 Å². The fraction of sp³-hybridized carbons (Fsp3) is 0.333. The zero-order valence-corrected chi connectivity index (χ0v) is 13.7. The number of anilines is 1. The van der Waals surface area contributed by atoms with Crippen molar-refractivity contribution in [3.63, 3.8) is 0 Å². The molecule has 0 saturated heterocycles. The number of hydrogen-bond acceptors (Lipinski definition) is 3. The van der Waals surface area contributed by atoms with E-state index in [0.717, 1.165) is 6.07 Å². The van der Waals surface area contributed by atoms with Crippen molar-refractivity contribution in [2.45, 2.75) is 30.7 Å². The summed E-state index contributed by atoms with van der Waals surface area (Å²) in [6, 6.07) is 0.524. The van der Waals surface area contributed by atoms with Crippen LogP contribution in [0.25, 0.3) is 0 Å². The topological polar surface area (TPSA) is 72.2 Å². The Kier molecular flexibility index (Phi) is 5.83. The molecule has 3 N–H and O–H groups in total. The summed E-state index contributed by atoms with van der Waals surface area (Å²) in [7, 11) is -4.09. The lowest BCUT2D eigenvalue weighted by Gasteiger charge is -2.16. The number of hydrogen-bond donors (Lipinski definition) is 2. The lowest BCUT2D eigenvalue weighted by Crippen LogP contribution is -2.34. The summed E-state index contributed by atoms with van der Waals surface area (Å²) in [5.41, 5.74) is 5.11. The van der Waals surface area contributed by atoms with Gasteiger partial charge in [0.25, 0.3) is 0 Å². The lowest BCUT2D eigenvalue weighted by atomic mass is 10.2. The summed E-state index contributed by atoms with van der Waals surface area (Å²) in [4.78, 5) is -0.598. The highest BCUT2D eigenvalue weighted by molar-refractivity contribution is 9.10. The smallest absolute Gasteiger partial charge is 0.243 e. The molecule has 0 radical (unpaired) electrons. The van der Waals surface area contributed by atoms with Crippen LogP contribution in [0.15, 0.2) is 15.4 Å². The van der Waals surface area contributed by atoms with E-state index in [9.17, 15) is 12.8 Å². The van der Waals surface area contributed by atoms with E-state index in [1.165, 1.54) is 0 Å². The van der Waals surface area contributed by atoms with Crippen molar-refractivity contribution in [3.8, 4) is 12.3 Å². The summed E-state index contributed by atoms with van der Waals surface area (Å²) in [6.07, 6.45) is 5.84. The Morgan fingerprint density at radius 2 is 2.25 bits per heavy atom. The number of benzene rings is 1. The molecule has 0 bridgehead atoms. The van der Waals surface area contributed by atoms with E-state index >= 15 is 0 Å². The summed E-state index contributed by atoms with van der Waals surface area (Å²) in [5.74, 6) is 1.31. The second-order valence-electron chi connectivity index (χ2n) is 4.03. The van der Waals surface area contributed by atoms with Gasteiger partial charge in [-0.25, -0.2) is 17.5 Å². The van der Waals surface area contributed by atoms with Crippen LogP contribution in [0.2, 0.25) is 5.02 Å². The largest absolute Gasteiger partial charge is 0.395 e. The van der Waals surface area contributed by atoms with Gasteiger partial charge in [-0.15, -0.1) is 12.3 Å². The molecule has 0 aliphatic rings. The number of nitrogen functional groups attached to an aromatic ring is 1. The van der Waals surface area contributed by atoms with Gasteiger partial charge in [0.05, 0.1) is 15.2 Å². The maximum absolute atomic E-state index is 14.0. The van der Waals surface area contributed by atoms with E-state index in [4.69, 9.17) is 23.8 Å². The third kappa shape index (κ3) is 3.64. The minimum atomic E-state index is -4.09. The summed E-state index contributed by atoms with van der Waals surface area (Å²) >= 11 is 8.79. The second kappa shape index (κ2) is 6.76. The summed E-state index contributed by atoms with van der Waals surface area (Å²) in [5, 5.41) is 0.00859. The first kappa shape index (κ1) is 17.2. The highest BCUT2D eigenvalue weighted by Gasteiger charge is 2.26. The SMILES string of the molecule is C#CCC(CC)NS(=O)(=O)c1cc(Cl)c(Br)c(N)c1F. The quantitative estimate of drug-likeness (QED) is 0.466. The maximum Gasteiger partial charge on any atom is 0.243 e. The van der Waals surface area contributed by atoms with Crippen LogP contribution in [0.1, 0.15) is 19.8 Å². The molecular weight excluding hydrogens is 371 g/mol. The fourth-order valence-corrected chi connectivity index (χ4v) is 3.49. The van der Waals surface area contributed by atoms with E-state index < -0.39 is 26.8 Å². The predicted octanol–water partition coefficient (Wildman–Crippen LogP) is 2.90. The van der Waals surface area contributed by atoms with Crippen LogP contribution in [0, 0.1) is 18.2 Å². The Morgan fingerprint density at radius 3 is 2.75 bits per heavy atom. The van der Waals surface area contributed by atoms with Crippen LogP contribution in [-0.2, 0) is 10.0 Å². The number of terminal acetylenes is 1. The van der Waals surface area contributed by atoms with E-state index in [0.29, 0.717) is 6.42 Å². The molecule has 0 amide bonds. The molecule has 1 unspecified atom stereocenters. The summed E-state index contributed by atoms with van der Waals surface area (Å²) < 4.78 is 40.8. The molecule has 0 aromatic heterocycles. The van der Waals surface area contributed by atoms with Crippen molar-refractivity contribution in [2.75, 3.05) is 5.73 Å². The van der Waals surface area contributed by atoms with Crippen LogP contribution in [0.3, 0.4) is 0 Å². The number of nitrogens with one attached hydrogen (secondary N) is 1. The van der Waals surface area contributed by atoms with Crippen molar-refractivity contribution < 1.29 is 12.8 Å². The maximum atomic E-state index is 14.0. The van der Waals surface area contributed by atoms with Crippen LogP contribution >= 0.6 is 27.5 Å². The minimum absolute atomic E-state index is 0.00859. The third-order valence-corrected chi connectivity index (χ3v) is 5.53. The highest BCUT2D eigenvalue weighted by Crippen LogP contribution is 2.34. The van der Waals surface area contributed by atoms with Gasteiger partial charge in [-0.05, 0) is 28.4 Å². The molecule has 1 atom stereocenters. The van der Waals surface area contributed by atoms with Gasteiger partial charge in [0, 0.05) is 12.5 Å². The number of nitrogens with two attached hydrogens (primary N) is 1. The zero-order valence-electron chi connectivity index (χ0n) is 10.6. The Morgan fingerprint density at radius 1 is 1.65 bits per heavy atom. The normalized spacial score (nSPS) is 12.9. The first-order valence-corrected chi connectivity index (χ1v) is 8.28. The average Bonchev–Trinajstić information content (AvgIpc) is 2.39. The van der Waals surface area contributed by atoms with Gasteiger partial charge in [0.15, 0.2) is 5.82 Å². The Bertz CT molecular complexity index is 658. The second-order valence-corrected chi connectivity index (χ2v) is 6.92. The van der Waals surface area contributed by atoms with E-state index in [-0.39, 0.29) is 21.6 Å². The fourth-order valence-electron chi connectivity index (χ4n) is 1.49. The van der Waals surface area contributed by atoms with Gasteiger partial charge >= 0.3 is 0 Å². The van der Waals surface area contributed by atoms with Gasteiger partial charge in [-0.1, -0.05) is 18.5 Å². The molecule has 0 heterocycles. The minimum Gasteiger partial charge on any atom is -0.395 e. The van der Waals surface area contributed by atoms with Crippen LogP contribution in [-0.4, -0.2) is 14.5 Å². The van der Waals surface area contributed by atoms with E-state index in [1.807, 2.05) is 0 Å². The van der Waals surface area contributed by atoms with Crippen molar-refractivity contribution in [1.82, 2.24) is 4.72 Å². The molecule has 1 rings (SSSR count). The first-order valence-electron chi connectivity index (χ1n) is 5.63. The molecule has 0 spiro atoms. The number of sulfonamides is 1. The lowest BCUT2D eigenvalue weighted by molar-refractivity contribution is 0.531. The zero-order chi connectivity index (χ0) is 15.5. The predicted molar refractivity (Wildman–Crippen MR) is 81.4 cm³/mol. The van der Waals surface area contributed by atoms with Crippen molar-refractivity contribution >= 4 is 43.2 Å². The molecule has 0 fully saturated rings. The number of rotatable bonds is 5. The van der Waals surface area contributed by atoms with Gasteiger partial charge in [0.1, 0.15) is 4.90 Å².